The number of phenols is 1. The Kier molecular flexibility index (Phi) is 7.81. The molecule has 1 amide bonds. The maximum Gasteiger partial charge on any atom is 0.255 e. The van der Waals surface area contributed by atoms with E-state index in [4.69, 9.17) is 22.5 Å². The Bertz CT molecular complexity index is 1610. The lowest BCUT2D eigenvalue weighted by Gasteiger charge is -2.13. The van der Waals surface area contributed by atoms with Crippen molar-refractivity contribution in [1.29, 1.82) is 0 Å². The van der Waals surface area contributed by atoms with Crippen molar-refractivity contribution < 1.29 is 22.7 Å². The number of aromatic hydroxyl groups is 1. The standard InChI is InChI=1S/C26H23ClFN5O4S/c27-17-3-8-22(16(11-17)13-28)32-18-4-10-24(34)21(12-18)23-9-7-20(25(29)33-23)26(35)31-14-15-1-5-19(6-2-15)38(30,36)37/h1-12,32,34H,13-14H2,(H2,29,33)(H,31,35)(H2,30,36,37). The average molecular weight is 556 g/mol. The smallest absolute Gasteiger partial charge is 0.255 e. The normalized spacial score (nSPS) is 11.2. The number of nitrogens with one attached hydrogen (secondary N) is 2. The summed E-state index contributed by atoms with van der Waals surface area (Å²) in [5, 5.41) is 21.7. The van der Waals surface area contributed by atoms with Gasteiger partial charge in [0.1, 0.15) is 18.2 Å². The lowest BCUT2D eigenvalue weighted by atomic mass is 10.1. The van der Waals surface area contributed by atoms with Crippen molar-refractivity contribution in [2.75, 3.05) is 11.1 Å². The molecule has 1 heterocycles. The number of nitrogen functional groups attached to an aromatic ring is 1. The van der Waals surface area contributed by atoms with Crippen molar-refractivity contribution in [1.82, 2.24) is 10.3 Å². The highest BCUT2D eigenvalue weighted by Crippen LogP contribution is 2.33. The molecule has 4 rings (SSSR count). The predicted octanol–water partition coefficient (Wildman–Crippen LogP) is 4.48. The third-order valence-corrected chi connectivity index (χ3v) is 6.80. The van der Waals surface area contributed by atoms with E-state index < -0.39 is 22.6 Å². The Morgan fingerprint density at radius 1 is 1.03 bits per heavy atom. The summed E-state index contributed by atoms with van der Waals surface area (Å²) in [6.07, 6.45) is 0. The largest absolute Gasteiger partial charge is 0.507 e. The third-order valence-electron chi connectivity index (χ3n) is 5.64. The fourth-order valence-electron chi connectivity index (χ4n) is 3.66. The van der Waals surface area contributed by atoms with E-state index in [1.54, 1.807) is 30.3 Å². The van der Waals surface area contributed by atoms with Crippen molar-refractivity contribution >= 4 is 44.7 Å². The van der Waals surface area contributed by atoms with Gasteiger partial charge in [-0.15, -0.1) is 0 Å². The van der Waals surface area contributed by atoms with E-state index in [9.17, 15) is 22.7 Å². The first-order chi connectivity index (χ1) is 18.0. The summed E-state index contributed by atoms with van der Waals surface area (Å²) in [6.45, 7) is -0.596. The summed E-state index contributed by atoms with van der Waals surface area (Å²) in [4.78, 5) is 16.9. The molecule has 0 aliphatic carbocycles. The molecule has 0 spiro atoms. The molecular weight excluding hydrogens is 533 g/mol. The van der Waals surface area contributed by atoms with Gasteiger partial charge in [0.15, 0.2) is 0 Å². The third kappa shape index (κ3) is 6.20. The molecule has 1 aromatic heterocycles. The molecule has 0 aliphatic heterocycles. The molecule has 0 atom stereocenters. The maximum absolute atomic E-state index is 13.4. The molecule has 4 aromatic rings. The second-order valence-electron chi connectivity index (χ2n) is 8.29. The fraction of sp³-hybridized carbons (Fsp3) is 0.0769. The van der Waals surface area contributed by atoms with E-state index in [-0.39, 0.29) is 28.6 Å². The van der Waals surface area contributed by atoms with Crippen LogP contribution in [0.25, 0.3) is 11.3 Å². The van der Waals surface area contributed by atoms with E-state index in [0.717, 1.165) is 0 Å². The van der Waals surface area contributed by atoms with Crippen LogP contribution < -0.4 is 21.5 Å². The van der Waals surface area contributed by atoms with Crippen LogP contribution in [-0.2, 0) is 23.2 Å². The highest BCUT2D eigenvalue weighted by atomic mass is 35.5. The van der Waals surface area contributed by atoms with Crippen LogP contribution in [0, 0.1) is 0 Å². The van der Waals surface area contributed by atoms with Gasteiger partial charge in [0.05, 0.1) is 16.2 Å². The number of aromatic nitrogens is 1. The summed E-state index contributed by atoms with van der Waals surface area (Å²) in [5.41, 5.74) is 8.96. The molecule has 0 saturated heterocycles. The molecule has 0 fully saturated rings. The fourth-order valence-corrected chi connectivity index (χ4v) is 4.37. The van der Waals surface area contributed by atoms with Crippen LogP contribution in [0.4, 0.5) is 21.6 Å². The molecule has 0 aliphatic rings. The van der Waals surface area contributed by atoms with Gasteiger partial charge in [0.2, 0.25) is 10.0 Å². The van der Waals surface area contributed by atoms with Crippen LogP contribution in [0.15, 0.2) is 77.7 Å². The summed E-state index contributed by atoms with van der Waals surface area (Å²) in [5.74, 6) is -0.609. The van der Waals surface area contributed by atoms with Gasteiger partial charge in [-0.1, -0.05) is 23.7 Å². The number of nitrogens with two attached hydrogens (primary N) is 2. The zero-order chi connectivity index (χ0) is 27.4. The minimum Gasteiger partial charge on any atom is -0.507 e. The van der Waals surface area contributed by atoms with Crippen molar-refractivity contribution in [3.63, 3.8) is 0 Å². The second-order valence-corrected chi connectivity index (χ2v) is 10.3. The van der Waals surface area contributed by atoms with Gasteiger partial charge in [-0.2, -0.15) is 0 Å². The predicted molar refractivity (Wildman–Crippen MR) is 144 cm³/mol. The molecule has 12 heteroatoms. The molecule has 38 heavy (non-hydrogen) atoms. The average Bonchev–Trinajstić information content (AvgIpc) is 2.89. The molecule has 0 bridgehead atoms. The first-order valence-electron chi connectivity index (χ1n) is 11.2. The summed E-state index contributed by atoms with van der Waals surface area (Å²) in [7, 11) is -3.81. The van der Waals surface area contributed by atoms with Gasteiger partial charge >= 0.3 is 0 Å². The number of nitrogens with zero attached hydrogens (tertiary/aromatic N) is 1. The number of hydrogen-bond donors (Lipinski definition) is 5. The number of amides is 1. The SMILES string of the molecule is Nc1nc(-c2cc(Nc3ccc(Cl)cc3CF)ccc2O)ccc1C(=O)NCc1ccc(S(N)(=O)=O)cc1. The summed E-state index contributed by atoms with van der Waals surface area (Å²) < 4.78 is 36.2. The van der Waals surface area contributed by atoms with Gasteiger partial charge < -0.3 is 21.5 Å². The minimum atomic E-state index is -3.81. The van der Waals surface area contributed by atoms with Crippen LogP contribution in [0.2, 0.25) is 5.02 Å². The van der Waals surface area contributed by atoms with Gasteiger partial charge in [-0.3, -0.25) is 4.79 Å². The Balaban J connectivity index is 1.50. The number of primary sulfonamides is 1. The Morgan fingerprint density at radius 3 is 2.42 bits per heavy atom. The minimum absolute atomic E-state index is 0.0323. The zero-order valence-corrected chi connectivity index (χ0v) is 21.4. The first-order valence-corrected chi connectivity index (χ1v) is 13.1. The van der Waals surface area contributed by atoms with Crippen molar-refractivity contribution in [3.8, 4) is 17.0 Å². The number of hydrogen-bond acceptors (Lipinski definition) is 7. The summed E-state index contributed by atoms with van der Waals surface area (Å²) in [6, 6.07) is 18.3. The number of benzene rings is 3. The molecule has 3 aromatic carbocycles. The van der Waals surface area contributed by atoms with Gasteiger partial charge in [-0.25, -0.2) is 22.9 Å². The number of phenolic OH excluding ortho intramolecular Hbond substituents is 1. The van der Waals surface area contributed by atoms with E-state index in [1.807, 2.05) is 0 Å². The molecular formula is C26H23ClFN5O4S. The van der Waals surface area contributed by atoms with Crippen LogP contribution in [0.3, 0.4) is 0 Å². The van der Waals surface area contributed by atoms with Gasteiger partial charge in [-0.05, 0) is 66.2 Å². The zero-order valence-electron chi connectivity index (χ0n) is 19.8. The van der Waals surface area contributed by atoms with Crippen molar-refractivity contribution in [3.05, 3.63) is 94.5 Å². The number of anilines is 3. The first kappa shape index (κ1) is 26.9. The van der Waals surface area contributed by atoms with Crippen molar-refractivity contribution in [2.45, 2.75) is 18.1 Å². The van der Waals surface area contributed by atoms with Crippen LogP contribution in [-0.4, -0.2) is 24.4 Å². The lowest BCUT2D eigenvalue weighted by Crippen LogP contribution is -2.24. The molecule has 7 N–H and O–H groups in total. The van der Waals surface area contributed by atoms with Crippen LogP contribution in [0.5, 0.6) is 5.75 Å². The number of carbonyl (C=O) groups excluding carboxylic acids is 1. The lowest BCUT2D eigenvalue weighted by molar-refractivity contribution is 0.0951. The van der Waals surface area contributed by atoms with Gasteiger partial charge in [0, 0.05) is 34.1 Å². The molecule has 9 nitrogen and oxygen atoms in total. The van der Waals surface area contributed by atoms with Crippen LogP contribution >= 0.6 is 11.6 Å². The Morgan fingerprint density at radius 2 is 1.76 bits per heavy atom. The molecule has 0 radical (unpaired) electrons. The topological polar surface area (TPSA) is 160 Å². The number of rotatable bonds is 8. The van der Waals surface area contributed by atoms with Crippen LogP contribution in [0.1, 0.15) is 21.5 Å². The Labute approximate surface area is 223 Å². The second kappa shape index (κ2) is 11.1. The van der Waals surface area contributed by atoms with E-state index >= 15 is 0 Å². The highest BCUT2D eigenvalue weighted by Gasteiger charge is 2.15. The molecule has 0 saturated carbocycles. The number of pyridine rings is 1. The van der Waals surface area contributed by atoms with E-state index in [0.29, 0.717) is 38.8 Å². The Hall–Kier alpha value is -4.19. The van der Waals surface area contributed by atoms with E-state index in [1.165, 1.54) is 42.5 Å². The molecule has 196 valence electrons. The highest BCUT2D eigenvalue weighted by molar-refractivity contribution is 7.89. The van der Waals surface area contributed by atoms with E-state index in [2.05, 4.69) is 15.6 Å². The monoisotopic (exact) mass is 555 g/mol. The number of carbonyl (C=O) groups is 1. The quantitative estimate of drug-likeness (QED) is 0.200. The molecule has 0 unspecified atom stereocenters. The van der Waals surface area contributed by atoms with Crippen molar-refractivity contribution in [2.24, 2.45) is 5.14 Å². The van der Waals surface area contributed by atoms with Gasteiger partial charge in [0.25, 0.3) is 5.91 Å². The number of alkyl halides is 1. The summed E-state index contributed by atoms with van der Waals surface area (Å²) >= 11 is 5.95. The number of sulfonamides is 1. The maximum atomic E-state index is 13.4. The number of halogens is 2.